The van der Waals surface area contributed by atoms with Crippen LogP contribution in [-0.2, 0) is 6.42 Å². The van der Waals surface area contributed by atoms with Crippen molar-refractivity contribution in [3.05, 3.63) is 34.3 Å². The van der Waals surface area contributed by atoms with Crippen LogP contribution in [0.15, 0.2) is 28.7 Å². The Balaban J connectivity index is 2.03. The number of hydrogen-bond acceptors (Lipinski definition) is 3. The molecule has 3 nitrogen and oxygen atoms in total. The third-order valence-corrected chi connectivity index (χ3v) is 5.16. The minimum atomic E-state index is -0.122. The van der Waals surface area contributed by atoms with E-state index in [-0.39, 0.29) is 12.1 Å². The average Bonchev–Trinajstić information content (AvgIpc) is 2.50. The molecule has 3 unspecified atom stereocenters. The maximum Gasteiger partial charge on any atom is 0.0474 e. The monoisotopic (exact) mass is 354 g/mol. The van der Waals surface area contributed by atoms with Gasteiger partial charge in [-0.2, -0.15) is 0 Å². The number of aliphatic hydroxyl groups is 1. The van der Waals surface area contributed by atoms with Gasteiger partial charge >= 0.3 is 0 Å². The van der Waals surface area contributed by atoms with E-state index in [2.05, 4.69) is 52.4 Å². The minimum Gasteiger partial charge on any atom is -0.396 e. The van der Waals surface area contributed by atoms with Gasteiger partial charge in [0.2, 0.25) is 0 Å². The van der Waals surface area contributed by atoms with Crippen LogP contribution in [0.4, 0.5) is 0 Å². The number of nitrogens with two attached hydrogens (primary N) is 1. The van der Waals surface area contributed by atoms with Crippen molar-refractivity contribution in [2.75, 3.05) is 13.2 Å². The number of aliphatic hydroxyl groups excluding tert-OH is 1. The quantitative estimate of drug-likeness (QED) is 0.736. The van der Waals surface area contributed by atoms with E-state index in [0.29, 0.717) is 18.5 Å². The number of halogens is 1. The van der Waals surface area contributed by atoms with Crippen LogP contribution in [0, 0.1) is 5.92 Å². The molecule has 0 radical (unpaired) electrons. The number of hydrogen-bond donors (Lipinski definition) is 3. The normalized spacial score (nSPS) is 25.5. The van der Waals surface area contributed by atoms with Crippen molar-refractivity contribution in [2.45, 2.75) is 50.6 Å². The van der Waals surface area contributed by atoms with Gasteiger partial charge in [-0.25, -0.2) is 0 Å². The summed E-state index contributed by atoms with van der Waals surface area (Å²) in [4.78, 5) is 0. The predicted octanol–water partition coefficient (Wildman–Crippen LogP) is 2.85. The van der Waals surface area contributed by atoms with Gasteiger partial charge in [0.05, 0.1) is 0 Å². The van der Waals surface area contributed by atoms with Gasteiger partial charge in [0.25, 0.3) is 0 Å². The summed E-state index contributed by atoms with van der Waals surface area (Å²) in [6.45, 7) is 3.06. The molecule has 4 heteroatoms. The molecule has 1 aromatic carbocycles. The fourth-order valence-electron chi connectivity index (χ4n) is 3.30. The molecule has 2 rings (SSSR count). The molecule has 1 aliphatic carbocycles. The van der Waals surface area contributed by atoms with Crippen molar-refractivity contribution in [1.29, 1.82) is 0 Å². The summed E-state index contributed by atoms with van der Waals surface area (Å²) in [5, 5.41) is 13.3. The number of benzene rings is 1. The lowest BCUT2D eigenvalue weighted by Crippen LogP contribution is -2.57. The van der Waals surface area contributed by atoms with E-state index in [1.165, 1.54) is 18.4 Å². The van der Waals surface area contributed by atoms with E-state index in [0.717, 1.165) is 23.7 Å². The zero-order chi connectivity index (χ0) is 15.3. The van der Waals surface area contributed by atoms with E-state index in [4.69, 9.17) is 5.73 Å². The molecule has 0 spiro atoms. The molecule has 0 bridgehead atoms. The fourth-order valence-corrected chi connectivity index (χ4v) is 3.56. The van der Waals surface area contributed by atoms with Crippen LogP contribution in [-0.4, -0.2) is 29.8 Å². The summed E-state index contributed by atoms with van der Waals surface area (Å²) in [6.07, 6.45) is 5.64. The van der Waals surface area contributed by atoms with Crippen molar-refractivity contribution in [1.82, 2.24) is 5.32 Å². The van der Waals surface area contributed by atoms with Crippen molar-refractivity contribution < 1.29 is 5.11 Å². The van der Waals surface area contributed by atoms with Crippen LogP contribution in [0.25, 0.3) is 0 Å². The second-order valence-corrected chi connectivity index (χ2v) is 7.46. The average molecular weight is 355 g/mol. The third-order valence-electron chi connectivity index (χ3n) is 4.64. The Bertz CT molecular complexity index is 437. The molecule has 0 saturated heterocycles. The van der Waals surface area contributed by atoms with Gasteiger partial charge in [0.1, 0.15) is 0 Å². The Labute approximate surface area is 136 Å². The molecular formula is C17H27BrN2O. The van der Waals surface area contributed by atoms with Crippen molar-refractivity contribution >= 4 is 15.9 Å². The molecule has 1 saturated carbocycles. The first-order chi connectivity index (χ1) is 10.1. The van der Waals surface area contributed by atoms with Gasteiger partial charge in [0, 0.05) is 29.2 Å². The highest BCUT2D eigenvalue weighted by Crippen LogP contribution is 2.26. The van der Waals surface area contributed by atoms with E-state index >= 15 is 0 Å². The first kappa shape index (κ1) is 16.9. The van der Waals surface area contributed by atoms with Crippen molar-refractivity contribution in [3.63, 3.8) is 0 Å². The van der Waals surface area contributed by atoms with Crippen LogP contribution in [0.5, 0.6) is 0 Å². The molecule has 3 atom stereocenters. The third kappa shape index (κ3) is 4.78. The first-order valence-electron chi connectivity index (χ1n) is 7.89. The van der Waals surface area contributed by atoms with E-state index in [1.807, 2.05) is 0 Å². The molecule has 1 fully saturated rings. The molecule has 118 valence electrons. The number of rotatable bonds is 6. The maximum absolute atomic E-state index is 9.57. The van der Waals surface area contributed by atoms with Gasteiger partial charge in [-0.3, -0.25) is 0 Å². The van der Waals surface area contributed by atoms with E-state index < -0.39 is 0 Å². The summed E-state index contributed by atoms with van der Waals surface area (Å²) >= 11 is 3.47. The Morgan fingerprint density at radius 2 is 1.95 bits per heavy atom. The minimum absolute atomic E-state index is 0.122. The fraction of sp³-hybridized carbons (Fsp3) is 0.647. The zero-order valence-corrected chi connectivity index (χ0v) is 14.4. The molecule has 0 heterocycles. The SMILES string of the molecule is CC(CN)(Cc1ccc(Br)cc1)NC1CCCCC1CO. The highest BCUT2D eigenvalue weighted by atomic mass is 79.9. The van der Waals surface area contributed by atoms with Crippen LogP contribution in [0.1, 0.15) is 38.2 Å². The lowest BCUT2D eigenvalue weighted by Gasteiger charge is -2.39. The van der Waals surface area contributed by atoms with Gasteiger partial charge in [0.15, 0.2) is 0 Å². The molecule has 21 heavy (non-hydrogen) atoms. The highest BCUT2D eigenvalue weighted by Gasteiger charge is 2.31. The van der Waals surface area contributed by atoms with Gasteiger partial charge in [-0.15, -0.1) is 0 Å². The van der Waals surface area contributed by atoms with E-state index in [1.54, 1.807) is 0 Å². The van der Waals surface area contributed by atoms with Crippen molar-refractivity contribution in [2.24, 2.45) is 11.7 Å². The zero-order valence-electron chi connectivity index (χ0n) is 12.8. The molecule has 0 amide bonds. The summed E-state index contributed by atoms with van der Waals surface area (Å²) in [5.74, 6) is 0.370. The Morgan fingerprint density at radius 3 is 2.57 bits per heavy atom. The van der Waals surface area contributed by atoms with Crippen LogP contribution >= 0.6 is 15.9 Å². The summed E-state index contributed by atoms with van der Waals surface area (Å²) in [5.41, 5.74) is 7.22. The van der Waals surface area contributed by atoms with E-state index in [9.17, 15) is 5.11 Å². The lowest BCUT2D eigenvalue weighted by atomic mass is 9.82. The van der Waals surface area contributed by atoms with Gasteiger partial charge in [-0.1, -0.05) is 40.9 Å². The lowest BCUT2D eigenvalue weighted by molar-refractivity contribution is 0.131. The second-order valence-electron chi connectivity index (χ2n) is 6.55. The molecule has 4 N–H and O–H groups in total. The predicted molar refractivity (Wildman–Crippen MR) is 91.3 cm³/mol. The summed E-state index contributed by atoms with van der Waals surface area (Å²) < 4.78 is 1.10. The van der Waals surface area contributed by atoms with Gasteiger partial charge in [-0.05, 0) is 49.8 Å². The number of nitrogens with one attached hydrogen (secondary N) is 1. The smallest absolute Gasteiger partial charge is 0.0474 e. The second kappa shape index (κ2) is 7.73. The first-order valence-corrected chi connectivity index (χ1v) is 8.69. The largest absolute Gasteiger partial charge is 0.396 e. The topological polar surface area (TPSA) is 58.3 Å². The van der Waals surface area contributed by atoms with Crippen LogP contribution in [0.2, 0.25) is 0 Å². The summed E-state index contributed by atoms with van der Waals surface area (Å²) in [6, 6.07) is 8.81. The van der Waals surface area contributed by atoms with Gasteiger partial charge < -0.3 is 16.2 Å². The maximum atomic E-state index is 9.57. The van der Waals surface area contributed by atoms with Crippen LogP contribution in [0.3, 0.4) is 0 Å². The standard InChI is InChI=1S/C17H27BrN2O/c1-17(12-19,10-13-6-8-15(18)9-7-13)20-16-5-3-2-4-14(16)11-21/h6-9,14,16,20-21H,2-5,10-12,19H2,1H3. The van der Waals surface area contributed by atoms with Crippen molar-refractivity contribution in [3.8, 4) is 0 Å². The Morgan fingerprint density at radius 1 is 1.29 bits per heavy atom. The molecular weight excluding hydrogens is 328 g/mol. The molecule has 0 aromatic heterocycles. The Kier molecular flexibility index (Phi) is 6.23. The van der Waals surface area contributed by atoms with Crippen LogP contribution < -0.4 is 11.1 Å². The molecule has 1 aromatic rings. The molecule has 1 aliphatic rings. The molecule has 0 aliphatic heterocycles. The highest BCUT2D eigenvalue weighted by molar-refractivity contribution is 9.10. The Hall–Kier alpha value is -0.420. The summed E-state index contributed by atoms with van der Waals surface area (Å²) in [7, 11) is 0.